The molecule has 11 rings (SSSR count). The number of fused-ring (bicyclic) bond motifs is 10. The van der Waals surface area contributed by atoms with Crippen LogP contribution in [0.4, 0.5) is 17.1 Å². The van der Waals surface area contributed by atoms with E-state index in [0.717, 1.165) is 77.5 Å². The van der Waals surface area contributed by atoms with Crippen molar-refractivity contribution in [2.75, 3.05) is 4.90 Å². The van der Waals surface area contributed by atoms with Crippen molar-refractivity contribution >= 4 is 82.5 Å². The molecule has 0 bridgehead atoms. The number of nitrogens with zero attached hydrogens (tertiary/aromatic N) is 1. The number of anilines is 3. The van der Waals surface area contributed by atoms with Crippen LogP contribution in [0, 0.1) is 0 Å². The molecule has 11 aromatic rings. The van der Waals surface area contributed by atoms with Gasteiger partial charge in [0.15, 0.2) is 5.58 Å². The zero-order chi connectivity index (χ0) is 34.9. The van der Waals surface area contributed by atoms with Crippen molar-refractivity contribution in [3.05, 3.63) is 188 Å². The summed E-state index contributed by atoms with van der Waals surface area (Å²) in [7, 11) is 0. The predicted molar refractivity (Wildman–Crippen MR) is 222 cm³/mol. The van der Waals surface area contributed by atoms with Crippen LogP contribution in [0.25, 0.3) is 87.7 Å². The molecule has 248 valence electrons. The van der Waals surface area contributed by atoms with Gasteiger partial charge in [0.1, 0.15) is 16.7 Å². The molecule has 0 aliphatic rings. The van der Waals surface area contributed by atoms with Crippen LogP contribution in [0.3, 0.4) is 0 Å². The van der Waals surface area contributed by atoms with E-state index in [1.165, 1.54) is 27.3 Å². The maximum Gasteiger partial charge on any atom is 0.159 e. The molecule has 0 aliphatic heterocycles. The standard InChI is InChI=1S/C50H31NO2/c1-3-13-32(14-4-1)43-31-44-41-22-11-21-38(48(41)53-49(44)40-20-10-9-19-39(40)43)34-25-28-36(29-26-34)51(35-16-5-2-6-17-35)45-24-12-23-42-47-37-18-8-7-15-33(37)27-30-46(47)52-50(42)45/h1-31H. The molecule has 9 aromatic carbocycles. The zero-order valence-electron chi connectivity index (χ0n) is 28.7. The molecule has 0 fully saturated rings. The fraction of sp³-hybridized carbons (Fsp3) is 0. The lowest BCUT2D eigenvalue weighted by atomic mass is 9.95. The van der Waals surface area contributed by atoms with Gasteiger partial charge in [-0.05, 0) is 75.3 Å². The second-order valence-corrected chi connectivity index (χ2v) is 13.6. The topological polar surface area (TPSA) is 29.5 Å². The summed E-state index contributed by atoms with van der Waals surface area (Å²) < 4.78 is 13.5. The van der Waals surface area contributed by atoms with Crippen LogP contribution in [0.2, 0.25) is 0 Å². The third-order valence-corrected chi connectivity index (χ3v) is 10.6. The molecule has 3 heteroatoms. The first-order chi connectivity index (χ1) is 26.3. The lowest BCUT2D eigenvalue weighted by Crippen LogP contribution is -2.10. The van der Waals surface area contributed by atoms with E-state index in [-0.39, 0.29) is 0 Å². The molecule has 0 aliphatic carbocycles. The smallest absolute Gasteiger partial charge is 0.159 e. The van der Waals surface area contributed by atoms with Crippen LogP contribution < -0.4 is 4.90 Å². The average molecular weight is 678 g/mol. The SMILES string of the molecule is c1ccc(-c2cc3c4cccc(-c5ccc(N(c6ccccc6)c6cccc7c6oc6ccc8ccccc8c67)cc5)c4oc3c3ccccc23)cc1. The van der Waals surface area contributed by atoms with Crippen molar-refractivity contribution in [3.8, 4) is 22.3 Å². The van der Waals surface area contributed by atoms with Gasteiger partial charge in [-0.15, -0.1) is 0 Å². The van der Waals surface area contributed by atoms with Gasteiger partial charge in [-0.3, -0.25) is 0 Å². The first-order valence-corrected chi connectivity index (χ1v) is 18.0. The van der Waals surface area contributed by atoms with Gasteiger partial charge in [-0.2, -0.15) is 0 Å². The van der Waals surface area contributed by atoms with Crippen molar-refractivity contribution < 1.29 is 8.83 Å². The summed E-state index contributed by atoms with van der Waals surface area (Å²) >= 11 is 0. The lowest BCUT2D eigenvalue weighted by molar-refractivity contribution is 0.669. The molecule has 0 N–H and O–H groups in total. The molecule has 3 nitrogen and oxygen atoms in total. The van der Waals surface area contributed by atoms with Crippen LogP contribution in [-0.2, 0) is 0 Å². The fourth-order valence-electron chi connectivity index (χ4n) is 8.23. The average Bonchev–Trinajstić information content (AvgIpc) is 3.81. The highest BCUT2D eigenvalue weighted by Crippen LogP contribution is 2.45. The van der Waals surface area contributed by atoms with Gasteiger partial charge in [0.05, 0.1) is 5.69 Å². The highest BCUT2D eigenvalue weighted by Gasteiger charge is 2.21. The van der Waals surface area contributed by atoms with E-state index in [1.54, 1.807) is 0 Å². The van der Waals surface area contributed by atoms with Gasteiger partial charge in [-0.25, -0.2) is 0 Å². The van der Waals surface area contributed by atoms with E-state index < -0.39 is 0 Å². The van der Waals surface area contributed by atoms with Gasteiger partial charge in [0.2, 0.25) is 0 Å². The summed E-state index contributed by atoms with van der Waals surface area (Å²) in [5, 5.41) is 9.18. The molecule has 0 atom stereocenters. The highest BCUT2D eigenvalue weighted by molar-refractivity contribution is 6.22. The second kappa shape index (κ2) is 11.7. The van der Waals surface area contributed by atoms with Crippen LogP contribution in [0.1, 0.15) is 0 Å². The minimum absolute atomic E-state index is 0.862. The second-order valence-electron chi connectivity index (χ2n) is 13.6. The number of hydrogen-bond donors (Lipinski definition) is 0. The lowest BCUT2D eigenvalue weighted by Gasteiger charge is -2.25. The van der Waals surface area contributed by atoms with Crippen LogP contribution >= 0.6 is 0 Å². The molecule has 2 heterocycles. The van der Waals surface area contributed by atoms with Gasteiger partial charge >= 0.3 is 0 Å². The summed E-state index contributed by atoms with van der Waals surface area (Å²) in [4.78, 5) is 2.29. The summed E-state index contributed by atoms with van der Waals surface area (Å²) in [6.45, 7) is 0. The van der Waals surface area contributed by atoms with Crippen molar-refractivity contribution in [1.29, 1.82) is 0 Å². The Morgan fingerprint density at radius 1 is 0.340 bits per heavy atom. The van der Waals surface area contributed by atoms with E-state index >= 15 is 0 Å². The predicted octanol–water partition coefficient (Wildman–Crippen LogP) is 14.6. The number of rotatable bonds is 5. The van der Waals surface area contributed by atoms with E-state index in [4.69, 9.17) is 8.83 Å². The third kappa shape index (κ3) is 4.61. The van der Waals surface area contributed by atoms with E-state index in [2.05, 4.69) is 193 Å². The Morgan fingerprint density at radius 2 is 0.962 bits per heavy atom. The van der Waals surface area contributed by atoms with Crippen LogP contribution in [0.5, 0.6) is 0 Å². The molecule has 0 saturated carbocycles. The normalized spacial score (nSPS) is 11.8. The largest absolute Gasteiger partial charge is 0.455 e. The highest BCUT2D eigenvalue weighted by atomic mass is 16.3. The number of furan rings is 2. The molecule has 0 unspecified atom stereocenters. The number of benzene rings is 9. The zero-order valence-corrected chi connectivity index (χ0v) is 28.7. The quantitative estimate of drug-likeness (QED) is 0.182. The number of hydrogen-bond acceptors (Lipinski definition) is 3. The minimum Gasteiger partial charge on any atom is -0.455 e. The van der Waals surface area contributed by atoms with Crippen LogP contribution in [0.15, 0.2) is 197 Å². The van der Waals surface area contributed by atoms with E-state index in [0.29, 0.717) is 0 Å². The molecule has 53 heavy (non-hydrogen) atoms. The van der Waals surface area contributed by atoms with Gasteiger partial charge in [0.25, 0.3) is 0 Å². The summed E-state index contributed by atoms with van der Waals surface area (Å²) in [6, 6.07) is 66.5. The van der Waals surface area contributed by atoms with Crippen molar-refractivity contribution in [2.24, 2.45) is 0 Å². The monoisotopic (exact) mass is 677 g/mol. The molecule has 2 aromatic heterocycles. The molecular weight excluding hydrogens is 647 g/mol. The van der Waals surface area contributed by atoms with Crippen LogP contribution in [-0.4, -0.2) is 0 Å². The maximum atomic E-state index is 6.84. The van der Waals surface area contributed by atoms with Crippen molar-refractivity contribution in [2.45, 2.75) is 0 Å². The van der Waals surface area contributed by atoms with Gasteiger partial charge in [0, 0.05) is 43.9 Å². The third-order valence-electron chi connectivity index (χ3n) is 10.6. The first kappa shape index (κ1) is 29.6. The number of para-hydroxylation sites is 3. The van der Waals surface area contributed by atoms with Crippen molar-refractivity contribution in [3.63, 3.8) is 0 Å². The molecule has 0 saturated heterocycles. The Kier molecular flexibility index (Phi) is 6.55. The fourth-order valence-corrected chi connectivity index (χ4v) is 8.23. The summed E-state index contributed by atoms with van der Waals surface area (Å²) in [6.07, 6.45) is 0. The Hall–Kier alpha value is -7.10. The summed E-state index contributed by atoms with van der Waals surface area (Å²) in [5.41, 5.74) is 11.2. The first-order valence-electron chi connectivity index (χ1n) is 18.0. The summed E-state index contributed by atoms with van der Waals surface area (Å²) in [5.74, 6) is 0. The molecular formula is C50H31NO2. The Balaban J connectivity index is 1.07. The van der Waals surface area contributed by atoms with Gasteiger partial charge < -0.3 is 13.7 Å². The van der Waals surface area contributed by atoms with E-state index in [9.17, 15) is 0 Å². The Labute approximate surface area is 305 Å². The Morgan fingerprint density at radius 3 is 1.79 bits per heavy atom. The minimum atomic E-state index is 0.862. The molecule has 0 radical (unpaired) electrons. The molecule has 0 amide bonds. The van der Waals surface area contributed by atoms with E-state index in [1.807, 2.05) is 0 Å². The maximum absolute atomic E-state index is 6.84. The van der Waals surface area contributed by atoms with Gasteiger partial charge in [-0.1, -0.05) is 146 Å². The Bertz CT molecular complexity index is 3160. The molecule has 0 spiro atoms. The van der Waals surface area contributed by atoms with Crippen molar-refractivity contribution in [1.82, 2.24) is 0 Å².